The molecule has 0 unspecified atom stereocenters. The van der Waals surface area contributed by atoms with E-state index in [9.17, 15) is 13.2 Å². The molecule has 0 saturated carbocycles. The molecular formula is C13H8BrF3N2S. The first kappa shape index (κ1) is 14.8. The van der Waals surface area contributed by atoms with E-state index in [1.54, 1.807) is 18.2 Å². The molecule has 0 saturated heterocycles. The Morgan fingerprint density at radius 2 is 1.75 bits per heavy atom. The highest BCUT2D eigenvalue weighted by Crippen LogP contribution is 2.28. The number of rotatable bonds is 3. The predicted molar refractivity (Wildman–Crippen MR) is 79.6 cm³/mol. The summed E-state index contributed by atoms with van der Waals surface area (Å²) in [6.07, 6.45) is 0. The van der Waals surface area contributed by atoms with Crippen LogP contribution in [-0.2, 0) is 0 Å². The van der Waals surface area contributed by atoms with Gasteiger partial charge in [0.05, 0.1) is 0 Å². The maximum absolute atomic E-state index is 13.2. The number of thiocarbonyl (C=S) groups is 1. The van der Waals surface area contributed by atoms with Crippen molar-refractivity contribution in [1.29, 1.82) is 0 Å². The molecular weight excluding hydrogens is 353 g/mol. The van der Waals surface area contributed by atoms with Gasteiger partial charge in [0.15, 0.2) is 17.5 Å². The summed E-state index contributed by atoms with van der Waals surface area (Å²) in [6.45, 7) is 0. The van der Waals surface area contributed by atoms with Gasteiger partial charge in [-0.2, -0.15) is 0 Å². The summed E-state index contributed by atoms with van der Waals surface area (Å²) in [7, 11) is 0. The first-order valence-corrected chi connectivity index (χ1v) is 6.60. The predicted octanol–water partition coefficient (Wildman–Crippen LogP) is 4.24. The molecule has 20 heavy (non-hydrogen) atoms. The van der Waals surface area contributed by atoms with Gasteiger partial charge in [-0.1, -0.05) is 18.3 Å². The molecule has 0 fully saturated rings. The van der Waals surface area contributed by atoms with Crippen LogP contribution in [0.1, 0.15) is 5.56 Å². The van der Waals surface area contributed by atoms with Crippen molar-refractivity contribution in [2.75, 3.05) is 5.32 Å². The van der Waals surface area contributed by atoms with Crippen LogP contribution in [0.2, 0.25) is 0 Å². The standard InChI is InChI=1S/C13H8BrF3N2S/c14-7-2-1-3-10(11(7)13(18)20)19-6-4-8(15)12(17)9(16)5-6/h1-5,19H,(H2,18,20). The van der Waals surface area contributed by atoms with E-state index in [0.29, 0.717) is 15.7 Å². The third kappa shape index (κ3) is 2.94. The zero-order chi connectivity index (χ0) is 14.9. The van der Waals surface area contributed by atoms with Crippen molar-refractivity contribution in [3.63, 3.8) is 0 Å². The van der Waals surface area contributed by atoms with Gasteiger partial charge in [0.25, 0.3) is 0 Å². The summed E-state index contributed by atoms with van der Waals surface area (Å²) in [4.78, 5) is 0.114. The molecule has 0 aromatic heterocycles. The first-order valence-electron chi connectivity index (χ1n) is 5.40. The lowest BCUT2D eigenvalue weighted by molar-refractivity contribution is 0.448. The van der Waals surface area contributed by atoms with E-state index in [0.717, 1.165) is 12.1 Å². The van der Waals surface area contributed by atoms with Crippen LogP contribution in [0.5, 0.6) is 0 Å². The SMILES string of the molecule is NC(=S)c1c(Br)cccc1Nc1cc(F)c(F)c(F)c1. The van der Waals surface area contributed by atoms with Crippen molar-refractivity contribution >= 4 is 44.5 Å². The second kappa shape index (κ2) is 5.80. The largest absolute Gasteiger partial charge is 0.389 e. The minimum absolute atomic E-state index is 0.0528. The van der Waals surface area contributed by atoms with Crippen LogP contribution in [0.4, 0.5) is 24.5 Å². The molecule has 0 aliphatic rings. The van der Waals surface area contributed by atoms with Crippen LogP contribution in [-0.4, -0.2) is 4.99 Å². The highest BCUT2D eigenvalue weighted by atomic mass is 79.9. The molecule has 0 bridgehead atoms. The fourth-order valence-corrected chi connectivity index (χ4v) is 2.59. The topological polar surface area (TPSA) is 38.0 Å². The third-order valence-electron chi connectivity index (χ3n) is 2.52. The lowest BCUT2D eigenvalue weighted by atomic mass is 10.1. The molecule has 0 spiro atoms. The van der Waals surface area contributed by atoms with Crippen LogP contribution in [0.15, 0.2) is 34.8 Å². The van der Waals surface area contributed by atoms with Crippen LogP contribution in [0.25, 0.3) is 0 Å². The lowest BCUT2D eigenvalue weighted by Crippen LogP contribution is -2.13. The Hall–Kier alpha value is -1.60. The number of anilines is 2. The number of benzene rings is 2. The summed E-state index contributed by atoms with van der Waals surface area (Å²) in [5, 5.41) is 2.76. The number of halogens is 4. The van der Waals surface area contributed by atoms with Crippen LogP contribution in [0.3, 0.4) is 0 Å². The van der Waals surface area contributed by atoms with Crippen molar-refractivity contribution in [3.8, 4) is 0 Å². The molecule has 2 nitrogen and oxygen atoms in total. The van der Waals surface area contributed by atoms with Crippen molar-refractivity contribution in [1.82, 2.24) is 0 Å². The van der Waals surface area contributed by atoms with Crippen molar-refractivity contribution in [3.05, 3.63) is 57.8 Å². The normalized spacial score (nSPS) is 10.4. The average molecular weight is 361 g/mol. The third-order valence-corrected chi connectivity index (χ3v) is 3.39. The van der Waals surface area contributed by atoms with E-state index in [4.69, 9.17) is 18.0 Å². The summed E-state index contributed by atoms with van der Waals surface area (Å²) in [5.74, 6) is -4.07. The average Bonchev–Trinajstić information content (AvgIpc) is 2.35. The highest BCUT2D eigenvalue weighted by molar-refractivity contribution is 9.10. The Kier molecular flexibility index (Phi) is 4.29. The fraction of sp³-hybridized carbons (Fsp3) is 0. The van der Waals surface area contributed by atoms with E-state index in [-0.39, 0.29) is 10.7 Å². The molecule has 0 radical (unpaired) electrons. The molecule has 0 atom stereocenters. The molecule has 2 aromatic rings. The van der Waals surface area contributed by atoms with Crippen molar-refractivity contribution in [2.45, 2.75) is 0 Å². The molecule has 2 rings (SSSR count). The Balaban J connectivity index is 2.45. The number of hydrogen-bond donors (Lipinski definition) is 2. The molecule has 104 valence electrons. The Morgan fingerprint density at radius 3 is 2.30 bits per heavy atom. The van der Waals surface area contributed by atoms with Gasteiger partial charge in [-0.3, -0.25) is 0 Å². The number of nitrogens with two attached hydrogens (primary N) is 1. The van der Waals surface area contributed by atoms with E-state index < -0.39 is 17.5 Å². The minimum atomic E-state index is -1.51. The smallest absolute Gasteiger partial charge is 0.194 e. The van der Waals surface area contributed by atoms with Gasteiger partial charge in [-0.15, -0.1) is 0 Å². The second-order valence-electron chi connectivity index (χ2n) is 3.91. The lowest BCUT2D eigenvalue weighted by Gasteiger charge is -2.13. The fourth-order valence-electron chi connectivity index (χ4n) is 1.66. The Labute approximate surface area is 126 Å². The van der Waals surface area contributed by atoms with Gasteiger partial charge in [0.2, 0.25) is 0 Å². The summed E-state index contributed by atoms with van der Waals surface area (Å²) < 4.78 is 39.9. The van der Waals surface area contributed by atoms with Crippen LogP contribution in [0, 0.1) is 17.5 Å². The minimum Gasteiger partial charge on any atom is -0.389 e. The molecule has 0 aliphatic carbocycles. The highest BCUT2D eigenvalue weighted by Gasteiger charge is 2.13. The van der Waals surface area contributed by atoms with Gasteiger partial charge in [0.1, 0.15) is 4.99 Å². The Morgan fingerprint density at radius 1 is 1.15 bits per heavy atom. The van der Waals surface area contributed by atoms with Gasteiger partial charge >= 0.3 is 0 Å². The molecule has 7 heteroatoms. The van der Waals surface area contributed by atoms with E-state index in [1.807, 2.05) is 0 Å². The summed E-state index contributed by atoms with van der Waals surface area (Å²) in [6, 6.07) is 6.76. The zero-order valence-corrected chi connectivity index (χ0v) is 12.3. The van der Waals surface area contributed by atoms with Gasteiger partial charge in [0, 0.05) is 33.5 Å². The van der Waals surface area contributed by atoms with Gasteiger partial charge in [-0.05, 0) is 28.1 Å². The molecule has 0 amide bonds. The quantitative estimate of drug-likeness (QED) is 0.634. The monoisotopic (exact) mass is 360 g/mol. The van der Waals surface area contributed by atoms with Gasteiger partial charge < -0.3 is 11.1 Å². The van der Waals surface area contributed by atoms with Crippen molar-refractivity contribution < 1.29 is 13.2 Å². The van der Waals surface area contributed by atoms with Crippen LogP contribution < -0.4 is 11.1 Å². The zero-order valence-electron chi connectivity index (χ0n) is 9.88. The summed E-state index contributed by atoms with van der Waals surface area (Å²) in [5.41, 5.74) is 6.61. The molecule has 0 heterocycles. The molecule has 2 aromatic carbocycles. The van der Waals surface area contributed by atoms with Gasteiger partial charge in [-0.25, -0.2) is 13.2 Å². The van der Waals surface area contributed by atoms with Crippen LogP contribution >= 0.6 is 28.1 Å². The van der Waals surface area contributed by atoms with E-state index in [1.165, 1.54) is 0 Å². The molecule has 3 N–H and O–H groups in total. The Bertz CT molecular complexity index is 668. The summed E-state index contributed by atoms with van der Waals surface area (Å²) >= 11 is 8.21. The van der Waals surface area contributed by atoms with E-state index in [2.05, 4.69) is 21.2 Å². The maximum Gasteiger partial charge on any atom is 0.194 e. The second-order valence-corrected chi connectivity index (χ2v) is 5.20. The molecule has 0 aliphatic heterocycles. The van der Waals surface area contributed by atoms with Crippen molar-refractivity contribution in [2.24, 2.45) is 5.73 Å². The first-order chi connectivity index (χ1) is 9.40. The number of hydrogen-bond acceptors (Lipinski definition) is 2. The maximum atomic E-state index is 13.2. The van der Waals surface area contributed by atoms with E-state index >= 15 is 0 Å². The number of nitrogens with one attached hydrogen (secondary N) is 1.